The molecule has 4 heterocycles. The maximum absolute atomic E-state index is 9.18. The van der Waals surface area contributed by atoms with Crippen LogP contribution in [0.25, 0.3) is 22.3 Å². The lowest BCUT2D eigenvalue weighted by Crippen LogP contribution is -2.51. The van der Waals surface area contributed by atoms with Gasteiger partial charge in [0.25, 0.3) is 0 Å². The van der Waals surface area contributed by atoms with Gasteiger partial charge < -0.3 is 20.3 Å². The summed E-state index contributed by atoms with van der Waals surface area (Å²) in [4.78, 5) is 20.7. The first kappa shape index (κ1) is 21.6. The molecule has 0 spiro atoms. The molecule has 1 aromatic carbocycles. The number of methoxy groups -OCH3 is 1. The third kappa shape index (κ3) is 4.44. The van der Waals surface area contributed by atoms with Crippen LogP contribution >= 0.6 is 0 Å². The summed E-state index contributed by atoms with van der Waals surface area (Å²) in [5.74, 6) is 2.68. The van der Waals surface area contributed by atoms with E-state index >= 15 is 0 Å². The fourth-order valence-corrected chi connectivity index (χ4v) is 4.12. The number of nitrogens with zero attached hydrogens (tertiary/aromatic N) is 6. The number of nitriles is 1. The Balaban J connectivity index is 1.58. The van der Waals surface area contributed by atoms with Gasteiger partial charge in [-0.3, -0.25) is 4.98 Å². The Kier molecular flexibility index (Phi) is 6.14. The molecule has 0 amide bonds. The quantitative estimate of drug-likeness (QED) is 0.454. The highest BCUT2D eigenvalue weighted by Gasteiger charge is 2.24. The lowest BCUT2D eigenvalue weighted by Gasteiger charge is -2.34. The van der Waals surface area contributed by atoms with Crippen LogP contribution in [0.5, 0.6) is 5.75 Å². The monoisotopic (exact) mass is 452 g/mol. The second kappa shape index (κ2) is 9.68. The summed E-state index contributed by atoms with van der Waals surface area (Å²) >= 11 is 0. The fourth-order valence-electron chi connectivity index (χ4n) is 4.12. The van der Waals surface area contributed by atoms with Crippen LogP contribution in [0.3, 0.4) is 0 Å². The molecule has 34 heavy (non-hydrogen) atoms. The topological polar surface area (TPSA) is 112 Å². The van der Waals surface area contributed by atoms with E-state index in [1.807, 2.05) is 42.5 Å². The van der Waals surface area contributed by atoms with E-state index in [4.69, 9.17) is 14.7 Å². The Morgan fingerprint density at radius 1 is 1.21 bits per heavy atom. The van der Waals surface area contributed by atoms with Gasteiger partial charge in [-0.1, -0.05) is 18.2 Å². The summed E-state index contributed by atoms with van der Waals surface area (Å²) in [6.07, 6.45) is 5.58. The Hall–Kier alpha value is -4.29. The summed E-state index contributed by atoms with van der Waals surface area (Å²) in [6.45, 7) is 2.19. The molecule has 0 radical (unpaired) electrons. The van der Waals surface area contributed by atoms with Gasteiger partial charge in [-0.25, -0.2) is 15.0 Å². The Bertz CT molecular complexity index is 1340. The number of piperazine rings is 1. The molecule has 0 bridgehead atoms. The van der Waals surface area contributed by atoms with E-state index in [0.717, 1.165) is 35.5 Å². The number of pyridine rings is 2. The summed E-state index contributed by atoms with van der Waals surface area (Å²) in [5, 5.41) is 16.7. The van der Waals surface area contributed by atoms with Crippen molar-refractivity contribution < 1.29 is 4.74 Å². The van der Waals surface area contributed by atoms with Crippen LogP contribution in [0.1, 0.15) is 6.42 Å². The lowest BCUT2D eigenvalue weighted by atomic mass is 10.1. The highest BCUT2D eigenvalue weighted by atomic mass is 16.5. The molecular formula is C25H24N8O. The van der Waals surface area contributed by atoms with Crippen LogP contribution in [0, 0.1) is 11.3 Å². The van der Waals surface area contributed by atoms with E-state index in [2.05, 4.69) is 31.6 Å². The third-order valence-corrected chi connectivity index (χ3v) is 5.73. The fraction of sp³-hybridized carbons (Fsp3) is 0.240. The van der Waals surface area contributed by atoms with Gasteiger partial charge >= 0.3 is 0 Å². The van der Waals surface area contributed by atoms with Gasteiger partial charge in [0.15, 0.2) is 5.82 Å². The van der Waals surface area contributed by atoms with Gasteiger partial charge in [0.05, 0.1) is 42.9 Å². The van der Waals surface area contributed by atoms with Crippen molar-refractivity contribution in [2.45, 2.75) is 12.5 Å². The number of benzene rings is 1. The van der Waals surface area contributed by atoms with Gasteiger partial charge in [0.1, 0.15) is 17.4 Å². The molecule has 5 rings (SSSR count). The molecule has 9 heteroatoms. The third-order valence-electron chi connectivity index (χ3n) is 5.73. The van der Waals surface area contributed by atoms with Crippen LogP contribution in [-0.4, -0.2) is 52.7 Å². The first-order valence-corrected chi connectivity index (χ1v) is 11.1. The molecule has 2 N–H and O–H groups in total. The average molecular weight is 453 g/mol. The number of aromatic nitrogens is 4. The Morgan fingerprint density at radius 3 is 2.91 bits per heavy atom. The number of rotatable bonds is 6. The van der Waals surface area contributed by atoms with Gasteiger partial charge in [-0.05, 0) is 24.3 Å². The van der Waals surface area contributed by atoms with Crippen molar-refractivity contribution in [3.63, 3.8) is 0 Å². The Labute approximate surface area is 197 Å². The smallest absolute Gasteiger partial charge is 0.162 e. The molecular weight excluding hydrogens is 428 g/mol. The number of para-hydroxylation sites is 1. The largest absolute Gasteiger partial charge is 0.494 e. The maximum atomic E-state index is 9.18. The summed E-state index contributed by atoms with van der Waals surface area (Å²) in [7, 11) is 1.62. The van der Waals surface area contributed by atoms with Crippen molar-refractivity contribution in [2.75, 3.05) is 37.0 Å². The number of hydrogen-bond donors (Lipinski definition) is 2. The first-order chi connectivity index (χ1) is 16.7. The standard InChI is InChI=1S/C25H24N8O/c1-34-21-15-27-14-20-23(21)25(33-12-11-28-19(16-33)7-9-26)32-24(31-20)17-8-10-29-22(13-17)30-18-5-3-2-4-6-18/h2-6,8,10,13-15,19,28H,7,11-12,16H2,1H3,(H,29,30). The van der Waals surface area contributed by atoms with Crippen molar-refractivity contribution in [1.29, 1.82) is 5.26 Å². The van der Waals surface area contributed by atoms with E-state index in [1.165, 1.54) is 0 Å². The van der Waals surface area contributed by atoms with Crippen molar-refractivity contribution in [2.24, 2.45) is 0 Å². The van der Waals surface area contributed by atoms with Crippen LogP contribution in [0.15, 0.2) is 61.1 Å². The van der Waals surface area contributed by atoms with Crippen LogP contribution < -0.4 is 20.3 Å². The zero-order chi connectivity index (χ0) is 23.3. The normalized spacial score (nSPS) is 15.6. The minimum Gasteiger partial charge on any atom is -0.494 e. The average Bonchev–Trinajstić information content (AvgIpc) is 2.89. The van der Waals surface area contributed by atoms with Gasteiger partial charge in [0, 0.05) is 43.1 Å². The zero-order valence-corrected chi connectivity index (χ0v) is 18.8. The number of fused-ring (bicyclic) bond motifs is 1. The van der Waals surface area contributed by atoms with Gasteiger partial charge in [-0.2, -0.15) is 5.26 Å². The number of anilines is 3. The van der Waals surface area contributed by atoms with E-state index in [-0.39, 0.29) is 6.04 Å². The second-order valence-corrected chi connectivity index (χ2v) is 7.99. The predicted octanol–water partition coefficient (Wildman–Crippen LogP) is 3.53. The van der Waals surface area contributed by atoms with Crippen molar-refractivity contribution in [1.82, 2.24) is 25.3 Å². The molecule has 1 aliphatic heterocycles. The van der Waals surface area contributed by atoms with Crippen molar-refractivity contribution in [3.8, 4) is 23.2 Å². The predicted molar refractivity (Wildman–Crippen MR) is 131 cm³/mol. The van der Waals surface area contributed by atoms with E-state index in [0.29, 0.717) is 35.9 Å². The summed E-state index contributed by atoms with van der Waals surface area (Å²) < 4.78 is 5.61. The highest BCUT2D eigenvalue weighted by Crippen LogP contribution is 2.34. The molecule has 170 valence electrons. The highest BCUT2D eigenvalue weighted by molar-refractivity contribution is 5.95. The molecule has 4 aromatic rings. The molecule has 9 nitrogen and oxygen atoms in total. The van der Waals surface area contributed by atoms with Gasteiger partial charge in [0.2, 0.25) is 0 Å². The Morgan fingerprint density at radius 2 is 2.09 bits per heavy atom. The first-order valence-electron chi connectivity index (χ1n) is 11.1. The molecule has 0 saturated carbocycles. The minimum atomic E-state index is 0.0719. The molecule has 3 aromatic heterocycles. The van der Waals surface area contributed by atoms with Gasteiger partial charge in [-0.15, -0.1) is 0 Å². The lowest BCUT2D eigenvalue weighted by molar-refractivity contribution is 0.417. The summed E-state index contributed by atoms with van der Waals surface area (Å²) in [5.41, 5.74) is 2.48. The van der Waals surface area contributed by atoms with Crippen molar-refractivity contribution >= 4 is 28.2 Å². The zero-order valence-electron chi connectivity index (χ0n) is 18.8. The van der Waals surface area contributed by atoms with Crippen LogP contribution in [0.2, 0.25) is 0 Å². The molecule has 1 unspecified atom stereocenters. The molecule has 1 aliphatic rings. The van der Waals surface area contributed by atoms with E-state index < -0.39 is 0 Å². The SMILES string of the molecule is COc1cncc2nc(-c3ccnc(Nc4ccccc4)c3)nc(N3CCNC(CC#N)C3)c12. The number of hydrogen-bond acceptors (Lipinski definition) is 9. The number of nitrogens with one attached hydrogen (secondary N) is 2. The molecule has 0 aliphatic carbocycles. The van der Waals surface area contributed by atoms with Crippen molar-refractivity contribution in [3.05, 3.63) is 61.1 Å². The number of ether oxygens (including phenoxy) is 1. The second-order valence-electron chi connectivity index (χ2n) is 7.99. The van der Waals surface area contributed by atoms with Crippen LogP contribution in [-0.2, 0) is 0 Å². The van der Waals surface area contributed by atoms with E-state index in [1.54, 1.807) is 25.7 Å². The summed E-state index contributed by atoms with van der Waals surface area (Å²) in [6, 6.07) is 16.0. The van der Waals surface area contributed by atoms with E-state index in [9.17, 15) is 5.26 Å². The maximum Gasteiger partial charge on any atom is 0.162 e. The molecule has 1 atom stereocenters. The minimum absolute atomic E-state index is 0.0719. The van der Waals surface area contributed by atoms with Crippen LogP contribution in [0.4, 0.5) is 17.3 Å². The molecule has 1 saturated heterocycles. The molecule has 1 fully saturated rings.